The number of benzene rings is 1. The SMILES string of the molecule is COc1c(C)cc(CC(N)C(=O)NN(C)C)cc1C. The Labute approximate surface area is 114 Å². The molecule has 0 fully saturated rings. The summed E-state index contributed by atoms with van der Waals surface area (Å²) in [4.78, 5) is 11.7. The van der Waals surface area contributed by atoms with Crippen molar-refractivity contribution in [1.29, 1.82) is 0 Å². The Kier molecular flexibility index (Phi) is 5.32. The first kappa shape index (κ1) is 15.5. The lowest BCUT2D eigenvalue weighted by Crippen LogP contribution is -2.47. The number of carbonyl (C=O) groups excluding carboxylic acids is 1. The van der Waals surface area contributed by atoms with Crippen LogP contribution in [0.15, 0.2) is 12.1 Å². The molecular weight excluding hydrogens is 242 g/mol. The van der Waals surface area contributed by atoms with Gasteiger partial charge in [0, 0.05) is 14.1 Å². The number of methoxy groups -OCH3 is 1. The van der Waals surface area contributed by atoms with Crippen molar-refractivity contribution >= 4 is 5.91 Å². The molecule has 0 spiro atoms. The van der Waals surface area contributed by atoms with Crippen LogP contribution in [0.5, 0.6) is 5.75 Å². The van der Waals surface area contributed by atoms with Crippen LogP contribution in [-0.2, 0) is 11.2 Å². The van der Waals surface area contributed by atoms with Gasteiger partial charge in [0.25, 0.3) is 5.91 Å². The third-order valence-electron chi connectivity index (χ3n) is 2.85. The molecule has 0 aliphatic carbocycles. The molecule has 1 amide bonds. The van der Waals surface area contributed by atoms with E-state index in [4.69, 9.17) is 10.5 Å². The number of rotatable bonds is 5. The van der Waals surface area contributed by atoms with E-state index in [0.29, 0.717) is 6.42 Å². The molecule has 0 saturated carbocycles. The largest absolute Gasteiger partial charge is 0.496 e. The average molecular weight is 265 g/mol. The van der Waals surface area contributed by atoms with Gasteiger partial charge in [-0.15, -0.1) is 0 Å². The van der Waals surface area contributed by atoms with Crippen LogP contribution in [-0.4, -0.2) is 38.2 Å². The molecule has 1 aromatic carbocycles. The summed E-state index contributed by atoms with van der Waals surface area (Å²) < 4.78 is 5.32. The molecule has 1 atom stereocenters. The predicted octanol–water partition coefficient (Wildman–Crippen LogP) is 0.775. The summed E-state index contributed by atoms with van der Waals surface area (Å²) in [5.74, 6) is 0.700. The smallest absolute Gasteiger partial charge is 0.251 e. The van der Waals surface area contributed by atoms with Crippen molar-refractivity contribution in [2.45, 2.75) is 26.3 Å². The summed E-state index contributed by atoms with van der Waals surface area (Å²) >= 11 is 0. The lowest BCUT2D eigenvalue weighted by molar-refractivity contribution is -0.126. The Morgan fingerprint density at radius 2 is 1.89 bits per heavy atom. The molecule has 0 aromatic heterocycles. The monoisotopic (exact) mass is 265 g/mol. The highest BCUT2D eigenvalue weighted by Gasteiger charge is 2.15. The van der Waals surface area contributed by atoms with E-state index in [1.54, 1.807) is 26.2 Å². The number of amides is 1. The van der Waals surface area contributed by atoms with Crippen molar-refractivity contribution in [1.82, 2.24) is 10.4 Å². The lowest BCUT2D eigenvalue weighted by atomic mass is 10.00. The maximum Gasteiger partial charge on any atom is 0.251 e. The van der Waals surface area contributed by atoms with Crippen LogP contribution in [0, 0.1) is 13.8 Å². The van der Waals surface area contributed by atoms with Gasteiger partial charge in [0.2, 0.25) is 0 Å². The Hall–Kier alpha value is -1.59. The zero-order chi connectivity index (χ0) is 14.6. The molecule has 5 nitrogen and oxygen atoms in total. The van der Waals surface area contributed by atoms with Gasteiger partial charge in [-0.05, 0) is 37.0 Å². The van der Waals surface area contributed by atoms with Crippen molar-refractivity contribution < 1.29 is 9.53 Å². The van der Waals surface area contributed by atoms with Gasteiger partial charge in [0.05, 0.1) is 13.2 Å². The fourth-order valence-electron chi connectivity index (χ4n) is 2.13. The van der Waals surface area contributed by atoms with Gasteiger partial charge in [-0.2, -0.15) is 0 Å². The average Bonchev–Trinajstić information content (AvgIpc) is 2.27. The van der Waals surface area contributed by atoms with Crippen molar-refractivity contribution in [3.63, 3.8) is 0 Å². The third kappa shape index (κ3) is 4.22. The van der Waals surface area contributed by atoms with E-state index in [1.807, 2.05) is 26.0 Å². The molecule has 3 N–H and O–H groups in total. The molecule has 19 heavy (non-hydrogen) atoms. The summed E-state index contributed by atoms with van der Waals surface area (Å²) in [6.07, 6.45) is 0.505. The first-order valence-electron chi connectivity index (χ1n) is 6.22. The van der Waals surface area contributed by atoms with E-state index >= 15 is 0 Å². The second-order valence-electron chi connectivity index (χ2n) is 4.94. The summed E-state index contributed by atoms with van der Waals surface area (Å²) in [6, 6.07) is 3.46. The Balaban J connectivity index is 2.80. The van der Waals surface area contributed by atoms with Crippen LogP contribution in [0.2, 0.25) is 0 Å². The zero-order valence-electron chi connectivity index (χ0n) is 12.3. The molecule has 0 bridgehead atoms. The second-order valence-corrected chi connectivity index (χ2v) is 4.94. The highest BCUT2D eigenvalue weighted by Crippen LogP contribution is 2.24. The van der Waals surface area contributed by atoms with E-state index in [0.717, 1.165) is 22.4 Å². The number of hydrogen-bond donors (Lipinski definition) is 2. The summed E-state index contributed by atoms with van der Waals surface area (Å²) in [6.45, 7) is 3.97. The molecule has 1 rings (SSSR count). The zero-order valence-corrected chi connectivity index (χ0v) is 12.3. The van der Waals surface area contributed by atoms with Crippen LogP contribution < -0.4 is 15.9 Å². The lowest BCUT2D eigenvalue weighted by Gasteiger charge is -2.17. The van der Waals surface area contributed by atoms with Crippen molar-refractivity contribution in [2.24, 2.45) is 5.73 Å². The van der Waals surface area contributed by atoms with Gasteiger partial charge >= 0.3 is 0 Å². The molecule has 5 heteroatoms. The maximum atomic E-state index is 11.7. The fourth-order valence-corrected chi connectivity index (χ4v) is 2.13. The quantitative estimate of drug-likeness (QED) is 0.772. The van der Waals surface area contributed by atoms with Gasteiger partial charge in [0.15, 0.2) is 0 Å². The molecule has 0 aliphatic rings. The highest BCUT2D eigenvalue weighted by molar-refractivity contribution is 5.81. The Bertz CT molecular complexity index is 435. The van der Waals surface area contributed by atoms with Crippen LogP contribution in [0.25, 0.3) is 0 Å². The summed E-state index contributed by atoms with van der Waals surface area (Å²) in [7, 11) is 5.17. The van der Waals surface area contributed by atoms with Gasteiger partial charge in [0.1, 0.15) is 5.75 Å². The maximum absolute atomic E-state index is 11.7. The third-order valence-corrected chi connectivity index (χ3v) is 2.85. The number of aryl methyl sites for hydroxylation is 2. The molecule has 0 aliphatic heterocycles. The number of carbonyl (C=O) groups is 1. The first-order valence-corrected chi connectivity index (χ1v) is 6.22. The van der Waals surface area contributed by atoms with E-state index in [-0.39, 0.29) is 5.91 Å². The number of nitrogens with one attached hydrogen (secondary N) is 1. The van der Waals surface area contributed by atoms with Crippen molar-refractivity contribution in [3.05, 3.63) is 28.8 Å². The number of hydrazine groups is 1. The van der Waals surface area contributed by atoms with Crippen molar-refractivity contribution in [3.8, 4) is 5.75 Å². The van der Waals surface area contributed by atoms with Crippen LogP contribution in [0.1, 0.15) is 16.7 Å². The standard InChI is InChI=1S/C14H23N3O2/c1-9-6-11(7-10(2)13(9)19-5)8-12(15)14(18)16-17(3)4/h6-7,12H,8,15H2,1-5H3,(H,16,18). The molecule has 106 valence electrons. The van der Waals surface area contributed by atoms with E-state index < -0.39 is 6.04 Å². The number of nitrogens with two attached hydrogens (primary N) is 1. The minimum absolute atomic E-state index is 0.184. The van der Waals surface area contributed by atoms with E-state index in [2.05, 4.69) is 5.43 Å². The van der Waals surface area contributed by atoms with E-state index in [9.17, 15) is 4.79 Å². The van der Waals surface area contributed by atoms with Gasteiger partial charge in [-0.25, -0.2) is 5.01 Å². The first-order chi connectivity index (χ1) is 8.85. The molecule has 1 unspecified atom stereocenters. The van der Waals surface area contributed by atoms with Gasteiger partial charge in [-0.1, -0.05) is 12.1 Å². The summed E-state index contributed by atoms with van der Waals surface area (Å²) in [5, 5.41) is 1.59. The number of ether oxygens (including phenoxy) is 1. The number of nitrogens with zero attached hydrogens (tertiary/aromatic N) is 1. The molecule has 1 aromatic rings. The Morgan fingerprint density at radius 3 is 2.32 bits per heavy atom. The second kappa shape index (κ2) is 6.54. The highest BCUT2D eigenvalue weighted by atomic mass is 16.5. The molecule has 0 radical (unpaired) electrons. The van der Waals surface area contributed by atoms with Crippen LogP contribution in [0.3, 0.4) is 0 Å². The van der Waals surface area contributed by atoms with Gasteiger partial charge < -0.3 is 10.5 Å². The minimum Gasteiger partial charge on any atom is -0.496 e. The molecular formula is C14H23N3O2. The fraction of sp³-hybridized carbons (Fsp3) is 0.500. The predicted molar refractivity (Wildman–Crippen MR) is 76.0 cm³/mol. The van der Waals surface area contributed by atoms with E-state index in [1.165, 1.54) is 0 Å². The minimum atomic E-state index is -0.561. The van der Waals surface area contributed by atoms with Crippen LogP contribution >= 0.6 is 0 Å². The number of hydrogen-bond acceptors (Lipinski definition) is 4. The van der Waals surface area contributed by atoms with Crippen LogP contribution in [0.4, 0.5) is 0 Å². The normalized spacial score (nSPS) is 12.4. The molecule has 0 saturated heterocycles. The summed E-state index contributed by atoms with van der Waals surface area (Å²) in [5.41, 5.74) is 11.7. The Morgan fingerprint density at radius 1 is 1.37 bits per heavy atom. The topological polar surface area (TPSA) is 67.6 Å². The van der Waals surface area contributed by atoms with Crippen molar-refractivity contribution in [2.75, 3.05) is 21.2 Å². The van der Waals surface area contributed by atoms with Gasteiger partial charge in [-0.3, -0.25) is 10.2 Å². The molecule has 0 heterocycles.